The molecule has 0 aliphatic carbocycles. The van der Waals surface area contributed by atoms with Crippen LogP contribution in [-0.4, -0.2) is 28.3 Å². The minimum atomic E-state index is -2.11. The number of Topliss-reactive ketones (excluding diaryl/α,β-unsaturated/α-hetero) is 1. The lowest BCUT2D eigenvalue weighted by Gasteiger charge is -2.37. The van der Waals surface area contributed by atoms with Crippen molar-refractivity contribution in [2.24, 2.45) is 0 Å². The van der Waals surface area contributed by atoms with Crippen LogP contribution in [0, 0.1) is 0 Å². The standard InChI is InChI=1S/C25H29NO4Si/c1-28-21-17-15-19(16-18-21)24(25(27)20-11-7-6-8-12-20)26(30-31(3,4)5)22-13-9-10-14-23(22)29-2/h6-18,24H,1-5H3. The van der Waals surface area contributed by atoms with Crippen LogP contribution in [0.3, 0.4) is 0 Å². The number of ether oxygens (including phenoxy) is 2. The van der Waals surface area contributed by atoms with Crippen molar-refractivity contribution in [3.63, 3.8) is 0 Å². The number of benzene rings is 3. The number of carbonyl (C=O) groups is 1. The van der Waals surface area contributed by atoms with Gasteiger partial charge < -0.3 is 14.0 Å². The van der Waals surface area contributed by atoms with Gasteiger partial charge in [0.05, 0.1) is 14.2 Å². The van der Waals surface area contributed by atoms with Crippen LogP contribution in [0.15, 0.2) is 78.9 Å². The summed E-state index contributed by atoms with van der Waals surface area (Å²) < 4.78 is 17.4. The van der Waals surface area contributed by atoms with E-state index >= 15 is 0 Å². The molecule has 0 aromatic heterocycles. The monoisotopic (exact) mass is 435 g/mol. The van der Waals surface area contributed by atoms with Crippen molar-refractivity contribution in [2.75, 3.05) is 19.3 Å². The number of nitrogens with zero attached hydrogens (tertiary/aromatic N) is 1. The van der Waals surface area contributed by atoms with Gasteiger partial charge in [-0.25, -0.2) is 5.06 Å². The molecule has 162 valence electrons. The second kappa shape index (κ2) is 9.81. The summed E-state index contributed by atoms with van der Waals surface area (Å²) in [6.45, 7) is 6.27. The van der Waals surface area contributed by atoms with Crippen LogP contribution in [-0.2, 0) is 4.53 Å². The summed E-state index contributed by atoms with van der Waals surface area (Å²) in [6.07, 6.45) is 0. The van der Waals surface area contributed by atoms with E-state index in [1.807, 2.05) is 78.9 Å². The Bertz CT molecular complexity index is 1000. The number of para-hydroxylation sites is 2. The minimum Gasteiger partial charge on any atom is -0.497 e. The maximum absolute atomic E-state index is 13.8. The van der Waals surface area contributed by atoms with E-state index in [-0.39, 0.29) is 5.78 Å². The number of hydroxylamine groups is 1. The average Bonchev–Trinajstić information content (AvgIpc) is 2.78. The van der Waals surface area contributed by atoms with Crippen LogP contribution in [0.25, 0.3) is 0 Å². The molecule has 0 radical (unpaired) electrons. The normalized spacial score (nSPS) is 12.2. The number of ketones is 1. The lowest BCUT2D eigenvalue weighted by molar-refractivity contribution is 0.0905. The maximum atomic E-state index is 13.8. The Kier molecular flexibility index (Phi) is 7.15. The van der Waals surface area contributed by atoms with Gasteiger partial charge in [0.25, 0.3) is 0 Å². The van der Waals surface area contributed by atoms with Gasteiger partial charge in [-0.1, -0.05) is 54.6 Å². The van der Waals surface area contributed by atoms with Gasteiger partial charge in [0.2, 0.25) is 8.32 Å². The first-order chi connectivity index (χ1) is 14.8. The number of methoxy groups -OCH3 is 2. The molecule has 0 amide bonds. The summed E-state index contributed by atoms with van der Waals surface area (Å²) in [7, 11) is 1.13. The Morgan fingerprint density at radius 1 is 0.806 bits per heavy atom. The summed E-state index contributed by atoms with van der Waals surface area (Å²) in [4.78, 5) is 13.8. The molecule has 3 aromatic carbocycles. The predicted octanol–water partition coefficient (Wildman–Crippen LogP) is 5.90. The molecule has 0 heterocycles. The molecule has 3 rings (SSSR count). The lowest BCUT2D eigenvalue weighted by Crippen LogP contribution is -2.42. The van der Waals surface area contributed by atoms with E-state index in [0.29, 0.717) is 17.0 Å². The lowest BCUT2D eigenvalue weighted by atomic mass is 9.96. The minimum absolute atomic E-state index is 0.0603. The van der Waals surface area contributed by atoms with Gasteiger partial charge >= 0.3 is 0 Å². The fraction of sp³-hybridized carbons (Fsp3) is 0.240. The van der Waals surface area contributed by atoms with Gasteiger partial charge in [-0.3, -0.25) is 4.79 Å². The van der Waals surface area contributed by atoms with Crippen molar-refractivity contribution in [3.8, 4) is 11.5 Å². The molecule has 31 heavy (non-hydrogen) atoms. The molecule has 6 heteroatoms. The van der Waals surface area contributed by atoms with E-state index in [0.717, 1.165) is 11.3 Å². The van der Waals surface area contributed by atoms with Crippen LogP contribution in [0.4, 0.5) is 5.69 Å². The second-order valence-electron chi connectivity index (χ2n) is 8.11. The number of hydrogen-bond acceptors (Lipinski definition) is 5. The second-order valence-corrected chi connectivity index (χ2v) is 12.5. The highest BCUT2D eigenvalue weighted by atomic mass is 28.4. The highest BCUT2D eigenvalue weighted by Gasteiger charge is 2.34. The number of hydrogen-bond donors (Lipinski definition) is 0. The summed E-state index contributed by atoms with van der Waals surface area (Å²) >= 11 is 0. The first-order valence-electron chi connectivity index (χ1n) is 10.2. The molecule has 0 aliphatic heterocycles. The SMILES string of the molecule is COc1ccc(C(C(=O)c2ccccc2)N(O[Si](C)(C)C)c2ccccc2OC)cc1. The molecule has 0 fully saturated rings. The van der Waals surface area contributed by atoms with Crippen LogP contribution >= 0.6 is 0 Å². The molecule has 0 bridgehead atoms. The maximum Gasteiger partial charge on any atom is 0.220 e. The zero-order valence-corrected chi connectivity index (χ0v) is 19.7. The molecule has 0 saturated carbocycles. The molecule has 0 spiro atoms. The first kappa shape index (κ1) is 22.6. The van der Waals surface area contributed by atoms with E-state index in [9.17, 15) is 4.79 Å². The zero-order chi connectivity index (χ0) is 22.4. The highest BCUT2D eigenvalue weighted by molar-refractivity contribution is 6.69. The van der Waals surface area contributed by atoms with E-state index in [1.54, 1.807) is 19.3 Å². The Morgan fingerprint density at radius 3 is 2.00 bits per heavy atom. The third kappa shape index (κ3) is 5.54. The Balaban J connectivity index is 2.19. The third-order valence-corrected chi connectivity index (χ3v) is 5.41. The third-order valence-electron chi connectivity index (χ3n) is 4.67. The highest BCUT2D eigenvalue weighted by Crippen LogP contribution is 2.38. The fourth-order valence-corrected chi connectivity index (χ4v) is 4.08. The van der Waals surface area contributed by atoms with Gasteiger partial charge in [0, 0.05) is 5.56 Å². The quantitative estimate of drug-likeness (QED) is 0.238. The largest absolute Gasteiger partial charge is 0.497 e. The molecular formula is C25H29NO4Si. The molecule has 0 N–H and O–H groups in total. The molecule has 1 atom stereocenters. The van der Waals surface area contributed by atoms with Gasteiger partial charge in [0.1, 0.15) is 23.2 Å². The molecule has 0 saturated heterocycles. The van der Waals surface area contributed by atoms with E-state index in [2.05, 4.69) is 19.6 Å². The zero-order valence-electron chi connectivity index (χ0n) is 18.7. The summed E-state index contributed by atoms with van der Waals surface area (Å²) in [6, 6.07) is 23.7. The van der Waals surface area contributed by atoms with E-state index in [1.165, 1.54) is 0 Å². The first-order valence-corrected chi connectivity index (χ1v) is 13.6. The smallest absolute Gasteiger partial charge is 0.220 e. The Morgan fingerprint density at radius 2 is 1.42 bits per heavy atom. The van der Waals surface area contributed by atoms with Gasteiger partial charge in [-0.2, -0.15) is 0 Å². The van der Waals surface area contributed by atoms with Gasteiger partial charge in [0.15, 0.2) is 5.78 Å². The van der Waals surface area contributed by atoms with Gasteiger partial charge in [-0.05, 0) is 49.5 Å². The molecule has 1 unspecified atom stereocenters. The molecular weight excluding hydrogens is 406 g/mol. The van der Waals surface area contributed by atoms with Crippen molar-refractivity contribution in [1.82, 2.24) is 0 Å². The fourth-order valence-electron chi connectivity index (χ4n) is 3.29. The average molecular weight is 436 g/mol. The Labute approximate surface area is 185 Å². The molecule has 5 nitrogen and oxygen atoms in total. The summed E-state index contributed by atoms with van der Waals surface area (Å²) in [5.74, 6) is 1.31. The number of carbonyl (C=O) groups excluding carboxylic acids is 1. The summed E-state index contributed by atoms with van der Waals surface area (Å²) in [5, 5.41) is 1.72. The van der Waals surface area contributed by atoms with Crippen molar-refractivity contribution in [2.45, 2.75) is 25.7 Å². The van der Waals surface area contributed by atoms with Crippen LogP contribution in [0.2, 0.25) is 19.6 Å². The van der Waals surface area contributed by atoms with Crippen LogP contribution < -0.4 is 14.5 Å². The number of anilines is 1. The topological polar surface area (TPSA) is 48.0 Å². The van der Waals surface area contributed by atoms with Crippen LogP contribution in [0.5, 0.6) is 11.5 Å². The summed E-state index contributed by atoms with van der Waals surface area (Å²) in [5.41, 5.74) is 2.12. The molecule has 0 aliphatic rings. The number of rotatable bonds is 9. The van der Waals surface area contributed by atoms with Crippen molar-refractivity contribution >= 4 is 19.8 Å². The van der Waals surface area contributed by atoms with Crippen LogP contribution in [0.1, 0.15) is 22.0 Å². The van der Waals surface area contributed by atoms with Crippen molar-refractivity contribution < 1.29 is 18.8 Å². The molecule has 3 aromatic rings. The van der Waals surface area contributed by atoms with Gasteiger partial charge in [-0.15, -0.1) is 0 Å². The van der Waals surface area contributed by atoms with Crippen molar-refractivity contribution in [1.29, 1.82) is 0 Å². The van der Waals surface area contributed by atoms with Crippen molar-refractivity contribution in [3.05, 3.63) is 90.0 Å². The van der Waals surface area contributed by atoms with E-state index in [4.69, 9.17) is 14.0 Å². The van der Waals surface area contributed by atoms with E-state index < -0.39 is 14.4 Å². The predicted molar refractivity (Wildman–Crippen MR) is 126 cm³/mol. The Hall–Kier alpha value is -3.09.